The number of hydrogen-bond acceptors (Lipinski definition) is 3. The van der Waals surface area contributed by atoms with Gasteiger partial charge in [0, 0.05) is 0 Å². The van der Waals surface area contributed by atoms with Crippen molar-refractivity contribution in [3.63, 3.8) is 0 Å². The van der Waals surface area contributed by atoms with Crippen molar-refractivity contribution in [3.8, 4) is 0 Å². The molecule has 0 spiro atoms. The summed E-state index contributed by atoms with van der Waals surface area (Å²) in [5.41, 5.74) is 0. The lowest BCUT2D eigenvalue weighted by molar-refractivity contribution is -0.143. The molecular weight excluding hydrogens is 182 g/mol. The van der Waals surface area contributed by atoms with Crippen molar-refractivity contribution in [2.24, 2.45) is 5.92 Å². The summed E-state index contributed by atoms with van der Waals surface area (Å²) < 4.78 is 1.83. The van der Waals surface area contributed by atoms with Crippen LogP contribution in [0, 0.1) is 5.92 Å². The molecule has 1 aromatic heterocycles. The average molecular weight is 195 g/mol. The van der Waals surface area contributed by atoms with Gasteiger partial charge < -0.3 is 5.11 Å². The maximum Gasteiger partial charge on any atom is 0.306 e. The molecule has 0 bridgehead atoms. The van der Waals surface area contributed by atoms with Gasteiger partial charge in [-0.2, -0.15) is 5.10 Å². The molecule has 5 nitrogen and oxygen atoms in total. The zero-order valence-corrected chi connectivity index (χ0v) is 7.83. The van der Waals surface area contributed by atoms with E-state index in [9.17, 15) is 4.79 Å². The fraction of sp³-hybridized carbons (Fsp3) is 0.667. The zero-order chi connectivity index (χ0) is 9.97. The van der Waals surface area contributed by atoms with Crippen LogP contribution in [0.3, 0.4) is 0 Å². The molecule has 2 rings (SSSR count). The molecule has 5 heteroatoms. The van der Waals surface area contributed by atoms with Gasteiger partial charge in [0.2, 0.25) is 0 Å². The van der Waals surface area contributed by atoms with Crippen LogP contribution >= 0.6 is 0 Å². The smallest absolute Gasteiger partial charge is 0.306 e. The molecule has 76 valence electrons. The van der Waals surface area contributed by atoms with E-state index in [1.165, 1.54) is 6.33 Å². The number of carbonyl (C=O) groups is 1. The molecule has 0 unspecified atom stereocenters. The van der Waals surface area contributed by atoms with Crippen molar-refractivity contribution in [3.05, 3.63) is 12.7 Å². The van der Waals surface area contributed by atoms with Gasteiger partial charge in [0.15, 0.2) is 0 Å². The Morgan fingerprint density at radius 1 is 1.36 bits per heavy atom. The number of rotatable bonds is 2. The number of carboxylic acid groups (broad SMARTS) is 1. The van der Waals surface area contributed by atoms with Crippen LogP contribution in [0.5, 0.6) is 0 Å². The number of aromatic nitrogens is 3. The second-order valence-corrected chi connectivity index (χ2v) is 3.72. The quantitative estimate of drug-likeness (QED) is 0.767. The van der Waals surface area contributed by atoms with Crippen LogP contribution < -0.4 is 0 Å². The first-order valence-electron chi connectivity index (χ1n) is 4.84. The fourth-order valence-corrected chi connectivity index (χ4v) is 1.99. The summed E-state index contributed by atoms with van der Waals surface area (Å²) in [5, 5.41) is 12.9. The third-order valence-corrected chi connectivity index (χ3v) is 2.86. The van der Waals surface area contributed by atoms with Gasteiger partial charge in [0.05, 0.1) is 12.0 Å². The van der Waals surface area contributed by atoms with E-state index in [0.717, 1.165) is 25.7 Å². The third kappa shape index (κ3) is 1.76. The predicted molar refractivity (Wildman–Crippen MR) is 48.7 cm³/mol. The molecule has 0 aromatic carbocycles. The van der Waals surface area contributed by atoms with E-state index < -0.39 is 5.97 Å². The Morgan fingerprint density at radius 2 is 2.07 bits per heavy atom. The lowest BCUT2D eigenvalue weighted by Gasteiger charge is -2.25. The normalized spacial score (nSPS) is 27.4. The van der Waals surface area contributed by atoms with Crippen LogP contribution in [0.2, 0.25) is 0 Å². The first kappa shape index (κ1) is 9.18. The molecule has 0 radical (unpaired) electrons. The minimum absolute atomic E-state index is 0.158. The number of nitrogens with zero attached hydrogens (tertiary/aromatic N) is 3. The van der Waals surface area contributed by atoms with Crippen LogP contribution in [-0.2, 0) is 4.79 Å². The van der Waals surface area contributed by atoms with Gasteiger partial charge >= 0.3 is 5.97 Å². The first-order chi connectivity index (χ1) is 6.77. The van der Waals surface area contributed by atoms with Gasteiger partial charge in [0.25, 0.3) is 0 Å². The third-order valence-electron chi connectivity index (χ3n) is 2.86. The summed E-state index contributed by atoms with van der Waals surface area (Å²) in [6, 6.07) is 0.341. The summed E-state index contributed by atoms with van der Waals surface area (Å²) in [5.74, 6) is -0.822. The van der Waals surface area contributed by atoms with Gasteiger partial charge in [-0.05, 0) is 25.7 Å². The van der Waals surface area contributed by atoms with Crippen molar-refractivity contribution in [1.82, 2.24) is 14.8 Å². The second-order valence-electron chi connectivity index (χ2n) is 3.72. The Balaban J connectivity index is 1.93. The first-order valence-corrected chi connectivity index (χ1v) is 4.84. The standard InChI is InChI=1S/C9H13N3O2/c13-9(14)7-1-3-8(4-2-7)12-6-10-5-11-12/h5-8H,1-4H2,(H,13,14). The van der Waals surface area contributed by atoms with Gasteiger partial charge in [-0.1, -0.05) is 0 Å². The van der Waals surface area contributed by atoms with Crippen LogP contribution in [0.4, 0.5) is 0 Å². The molecule has 0 saturated heterocycles. The van der Waals surface area contributed by atoms with Crippen LogP contribution in [0.15, 0.2) is 12.7 Å². The zero-order valence-electron chi connectivity index (χ0n) is 7.83. The Morgan fingerprint density at radius 3 is 2.57 bits per heavy atom. The fourth-order valence-electron chi connectivity index (χ4n) is 1.99. The summed E-state index contributed by atoms with van der Waals surface area (Å²) in [6.07, 6.45) is 6.50. The second kappa shape index (κ2) is 3.77. The summed E-state index contributed by atoms with van der Waals surface area (Å²) in [4.78, 5) is 14.6. The molecule has 0 amide bonds. The maximum atomic E-state index is 10.7. The minimum Gasteiger partial charge on any atom is -0.481 e. The van der Waals surface area contributed by atoms with E-state index in [0.29, 0.717) is 6.04 Å². The van der Waals surface area contributed by atoms with Crippen molar-refractivity contribution in [1.29, 1.82) is 0 Å². The highest BCUT2D eigenvalue weighted by molar-refractivity contribution is 5.69. The Bertz CT molecular complexity index is 302. The predicted octanol–water partition coefficient (Wildman–Crippen LogP) is 1.09. The maximum absolute atomic E-state index is 10.7. The molecule has 1 fully saturated rings. The molecule has 1 aliphatic rings. The summed E-state index contributed by atoms with van der Waals surface area (Å²) in [6.45, 7) is 0. The highest BCUT2D eigenvalue weighted by atomic mass is 16.4. The Hall–Kier alpha value is -1.39. The van der Waals surface area contributed by atoms with Gasteiger partial charge in [-0.25, -0.2) is 9.67 Å². The van der Waals surface area contributed by atoms with Crippen molar-refractivity contribution in [2.75, 3.05) is 0 Å². The van der Waals surface area contributed by atoms with Crippen LogP contribution in [-0.4, -0.2) is 25.8 Å². The minimum atomic E-state index is -0.665. The van der Waals surface area contributed by atoms with E-state index in [2.05, 4.69) is 10.1 Å². The molecule has 1 aliphatic carbocycles. The highest BCUT2D eigenvalue weighted by Crippen LogP contribution is 2.31. The van der Waals surface area contributed by atoms with Crippen molar-refractivity contribution in [2.45, 2.75) is 31.7 Å². The van der Waals surface area contributed by atoms with E-state index in [-0.39, 0.29) is 5.92 Å². The average Bonchev–Trinajstić information content (AvgIpc) is 2.71. The molecule has 14 heavy (non-hydrogen) atoms. The number of hydrogen-bond donors (Lipinski definition) is 1. The van der Waals surface area contributed by atoms with Crippen LogP contribution in [0.1, 0.15) is 31.7 Å². The molecule has 1 N–H and O–H groups in total. The van der Waals surface area contributed by atoms with Gasteiger partial charge in [-0.15, -0.1) is 0 Å². The summed E-state index contributed by atoms with van der Waals surface area (Å²) >= 11 is 0. The highest BCUT2D eigenvalue weighted by Gasteiger charge is 2.26. The van der Waals surface area contributed by atoms with E-state index >= 15 is 0 Å². The molecule has 0 aliphatic heterocycles. The SMILES string of the molecule is O=C(O)C1CCC(n2cncn2)CC1. The molecule has 1 heterocycles. The van der Waals surface area contributed by atoms with Gasteiger partial charge in [0.1, 0.15) is 12.7 Å². The van der Waals surface area contributed by atoms with Crippen molar-refractivity contribution < 1.29 is 9.90 Å². The molecule has 0 atom stereocenters. The lowest BCUT2D eigenvalue weighted by Crippen LogP contribution is -2.23. The largest absolute Gasteiger partial charge is 0.481 e. The van der Waals surface area contributed by atoms with E-state index in [4.69, 9.17) is 5.11 Å². The summed E-state index contributed by atoms with van der Waals surface area (Å²) in [7, 11) is 0. The van der Waals surface area contributed by atoms with Gasteiger partial charge in [-0.3, -0.25) is 4.79 Å². The van der Waals surface area contributed by atoms with E-state index in [1.54, 1.807) is 6.33 Å². The number of carboxylic acids is 1. The monoisotopic (exact) mass is 195 g/mol. The van der Waals surface area contributed by atoms with Crippen molar-refractivity contribution >= 4 is 5.97 Å². The Kier molecular flexibility index (Phi) is 2.47. The Labute approximate surface area is 81.8 Å². The number of aliphatic carboxylic acids is 1. The van der Waals surface area contributed by atoms with E-state index in [1.807, 2.05) is 4.68 Å². The molecule has 1 saturated carbocycles. The molecular formula is C9H13N3O2. The lowest BCUT2D eigenvalue weighted by atomic mass is 9.86. The molecule has 1 aromatic rings. The topological polar surface area (TPSA) is 68.0 Å². The van der Waals surface area contributed by atoms with Crippen LogP contribution in [0.25, 0.3) is 0 Å².